The summed E-state index contributed by atoms with van der Waals surface area (Å²) in [5, 5.41) is 0. The Bertz CT molecular complexity index is 680. The standard InChI is InChI=1S/C20H33N3O3S/c1-17(9-10-20-7-5-4-6-8-20)21-11-13-22(14-12-21)27(24,25)23-15-18(2)26-19(3)16-23/h4-8,17-19H,9-16H2,1-3H3. The van der Waals surface area contributed by atoms with E-state index in [0.717, 1.165) is 25.9 Å². The summed E-state index contributed by atoms with van der Waals surface area (Å²) in [6, 6.07) is 11.0. The molecule has 0 N–H and O–H groups in total. The third kappa shape index (κ3) is 5.29. The predicted octanol–water partition coefficient (Wildman–Crippen LogP) is 1.98. The third-order valence-electron chi connectivity index (χ3n) is 5.63. The monoisotopic (exact) mass is 395 g/mol. The van der Waals surface area contributed by atoms with Crippen molar-refractivity contribution in [3.63, 3.8) is 0 Å². The minimum Gasteiger partial charge on any atom is -0.373 e. The van der Waals surface area contributed by atoms with Gasteiger partial charge in [-0.3, -0.25) is 4.90 Å². The first-order valence-corrected chi connectivity index (χ1v) is 11.4. The lowest BCUT2D eigenvalue weighted by Gasteiger charge is -2.41. The van der Waals surface area contributed by atoms with Crippen molar-refractivity contribution in [2.45, 2.75) is 51.9 Å². The first kappa shape index (κ1) is 20.7. The number of hydrogen-bond acceptors (Lipinski definition) is 4. The molecule has 0 bridgehead atoms. The van der Waals surface area contributed by atoms with Crippen LogP contribution in [0.1, 0.15) is 32.8 Å². The summed E-state index contributed by atoms with van der Waals surface area (Å²) < 4.78 is 34.9. The minimum atomic E-state index is -3.40. The van der Waals surface area contributed by atoms with Crippen LogP contribution in [0.3, 0.4) is 0 Å². The average molecular weight is 396 g/mol. The maximum Gasteiger partial charge on any atom is 0.282 e. The first-order valence-electron chi connectivity index (χ1n) is 10.0. The van der Waals surface area contributed by atoms with Gasteiger partial charge in [-0.1, -0.05) is 30.3 Å². The molecule has 6 nitrogen and oxygen atoms in total. The number of benzene rings is 1. The van der Waals surface area contributed by atoms with Gasteiger partial charge in [0, 0.05) is 45.3 Å². The lowest BCUT2D eigenvalue weighted by Crippen LogP contribution is -2.58. The molecule has 2 aliphatic rings. The molecule has 0 radical (unpaired) electrons. The van der Waals surface area contributed by atoms with Gasteiger partial charge < -0.3 is 4.74 Å². The zero-order valence-corrected chi connectivity index (χ0v) is 17.6. The summed E-state index contributed by atoms with van der Waals surface area (Å²) in [5.41, 5.74) is 1.36. The van der Waals surface area contributed by atoms with Crippen LogP contribution in [-0.2, 0) is 21.4 Å². The Morgan fingerprint density at radius 3 is 2.19 bits per heavy atom. The van der Waals surface area contributed by atoms with Crippen LogP contribution in [0.15, 0.2) is 30.3 Å². The third-order valence-corrected chi connectivity index (χ3v) is 7.60. The Balaban J connectivity index is 1.50. The topological polar surface area (TPSA) is 53.1 Å². The van der Waals surface area contributed by atoms with E-state index in [-0.39, 0.29) is 12.2 Å². The smallest absolute Gasteiger partial charge is 0.282 e. The van der Waals surface area contributed by atoms with E-state index in [1.54, 1.807) is 8.61 Å². The Hall–Kier alpha value is -0.990. The highest BCUT2D eigenvalue weighted by molar-refractivity contribution is 7.86. The highest BCUT2D eigenvalue weighted by Crippen LogP contribution is 2.20. The SMILES string of the molecule is CC1CN(S(=O)(=O)N2CCN(C(C)CCc3ccccc3)CC2)CC(C)O1. The average Bonchev–Trinajstić information content (AvgIpc) is 2.66. The molecule has 2 heterocycles. The van der Waals surface area contributed by atoms with Crippen LogP contribution in [0.4, 0.5) is 0 Å². The molecule has 3 rings (SSSR count). The highest BCUT2D eigenvalue weighted by atomic mass is 32.2. The van der Waals surface area contributed by atoms with E-state index in [1.165, 1.54) is 5.56 Å². The number of nitrogens with zero attached hydrogens (tertiary/aromatic N) is 3. The second-order valence-electron chi connectivity index (χ2n) is 7.89. The van der Waals surface area contributed by atoms with Crippen molar-refractivity contribution in [2.24, 2.45) is 0 Å². The van der Waals surface area contributed by atoms with Crippen molar-refractivity contribution in [3.8, 4) is 0 Å². The molecule has 0 aromatic heterocycles. The van der Waals surface area contributed by atoms with Crippen molar-refractivity contribution in [1.82, 2.24) is 13.5 Å². The lowest BCUT2D eigenvalue weighted by molar-refractivity contribution is -0.0458. The molecule has 0 aliphatic carbocycles. The van der Waals surface area contributed by atoms with E-state index in [2.05, 4.69) is 36.1 Å². The molecule has 1 aromatic rings. The van der Waals surface area contributed by atoms with Crippen LogP contribution in [0.25, 0.3) is 0 Å². The molecule has 0 spiro atoms. The number of aryl methyl sites for hydroxylation is 1. The number of morpholine rings is 1. The van der Waals surface area contributed by atoms with E-state index in [9.17, 15) is 8.42 Å². The van der Waals surface area contributed by atoms with Crippen LogP contribution < -0.4 is 0 Å². The van der Waals surface area contributed by atoms with Gasteiger partial charge in [-0.25, -0.2) is 0 Å². The van der Waals surface area contributed by atoms with Gasteiger partial charge >= 0.3 is 0 Å². The summed E-state index contributed by atoms with van der Waals surface area (Å²) in [7, 11) is -3.40. The highest BCUT2D eigenvalue weighted by Gasteiger charge is 2.37. The summed E-state index contributed by atoms with van der Waals surface area (Å²) in [6.07, 6.45) is 2.05. The Morgan fingerprint density at radius 2 is 1.59 bits per heavy atom. The largest absolute Gasteiger partial charge is 0.373 e. The summed E-state index contributed by atoms with van der Waals surface area (Å²) in [6.45, 7) is 9.74. The minimum absolute atomic E-state index is 0.0529. The van der Waals surface area contributed by atoms with E-state index in [4.69, 9.17) is 4.74 Å². The fraction of sp³-hybridized carbons (Fsp3) is 0.700. The van der Waals surface area contributed by atoms with Gasteiger partial charge in [0.25, 0.3) is 10.2 Å². The second-order valence-corrected chi connectivity index (χ2v) is 9.82. The Morgan fingerprint density at radius 1 is 1.00 bits per heavy atom. The van der Waals surface area contributed by atoms with Crippen LogP contribution in [0.5, 0.6) is 0 Å². The van der Waals surface area contributed by atoms with Crippen molar-refractivity contribution >= 4 is 10.2 Å². The molecule has 2 saturated heterocycles. The van der Waals surface area contributed by atoms with Crippen molar-refractivity contribution in [3.05, 3.63) is 35.9 Å². The quantitative estimate of drug-likeness (QED) is 0.739. The number of rotatable bonds is 6. The van der Waals surface area contributed by atoms with Gasteiger partial charge in [-0.15, -0.1) is 0 Å². The molecule has 0 saturated carbocycles. The zero-order valence-electron chi connectivity index (χ0n) is 16.8. The number of piperazine rings is 1. The molecule has 3 atom stereocenters. The normalized spacial score (nSPS) is 27.5. The number of ether oxygens (including phenoxy) is 1. The molecule has 3 unspecified atom stereocenters. The van der Waals surface area contributed by atoms with E-state index in [1.807, 2.05) is 19.9 Å². The molecule has 2 aliphatic heterocycles. The van der Waals surface area contributed by atoms with E-state index < -0.39 is 10.2 Å². The lowest BCUT2D eigenvalue weighted by atomic mass is 10.0. The van der Waals surface area contributed by atoms with Crippen molar-refractivity contribution in [1.29, 1.82) is 0 Å². The van der Waals surface area contributed by atoms with Gasteiger partial charge in [-0.05, 0) is 39.2 Å². The van der Waals surface area contributed by atoms with Crippen LogP contribution in [0, 0.1) is 0 Å². The van der Waals surface area contributed by atoms with Gasteiger partial charge in [0.15, 0.2) is 0 Å². The first-order chi connectivity index (χ1) is 12.9. The van der Waals surface area contributed by atoms with Crippen LogP contribution in [-0.4, -0.2) is 79.4 Å². The van der Waals surface area contributed by atoms with E-state index >= 15 is 0 Å². The maximum atomic E-state index is 13.0. The van der Waals surface area contributed by atoms with Crippen LogP contribution in [0.2, 0.25) is 0 Å². The summed E-state index contributed by atoms with van der Waals surface area (Å²) in [4.78, 5) is 2.42. The molecule has 1 aromatic carbocycles. The molecule has 0 amide bonds. The zero-order chi connectivity index (χ0) is 19.4. The molecule has 7 heteroatoms. The number of hydrogen-bond donors (Lipinski definition) is 0. The summed E-state index contributed by atoms with van der Waals surface area (Å²) >= 11 is 0. The van der Waals surface area contributed by atoms with Crippen molar-refractivity contribution < 1.29 is 13.2 Å². The fourth-order valence-electron chi connectivity index (χ4n) is 4.06. The van der Waals surface area contributed by atoms with Gasteiger partial charge in [0.1, 0.15) is 0 Å². The van der Waals surface area contributed by atoms with E-state index in [0.29, 0.717) is 32.2 Å². The van der Waals surface area contributed by atoms with Gasteiger partial charge in [0.2, 0.25) is 0 Å². The Kier molecular flexibility index (Phi) is 6.92. The molecule has 27 heavy (non-hydrogen) atoms. The summed E-state index contributed by atoms with van der Waals surface area (Å²) in [5.74, 6) is 0. The van der Waals surface area contributed by atoms with Crippen molar-refractivity contribution in [2.75, 3.05) is 39.3 Å². The second kappa shape index (κ2) is 9.01. The Labute approximate surface area is 164 Å². The molecular weight excluding hydrogens is 362 g/mol. The molecule has 2 fully saturated rings. The fourth-order valence-corrected chi connectivity index (χ4v) is 5.81. The maximum absolute atomic E-state index is 13.0. The van der Waals surface area contributed by atoms with Crippen LogP contribution >= 0.6 is 0 Å². The van der Waals surface area contributed by atoms with Gasteiger partial charge in [0.05, 0.1) is 12.2 Å². The van der Waals surface area contributed by atoms with Gasteiger partial charge in [-0.2, -0.15) is 17.0 Å². The molecule has 152 valence electrons. The molecular formula is C20H33N3O3S. The predicted molar refractivity (Wildman–Crippen MR) is 108 cm³/mol.